The van der Waals surface area contributed by atoms with Gasteiger partial charge in [-0.3, -0.25) is 14.4 Å². The first kappa shape index (κ1) is 26.6. The van der Waals surface area contributed by atoms with Gasteiger partial charge in [-0.15, -0.1) is 6.58 Å². The number of amides is 2. The Labute approximate surface area is 219 Å². The number of halogens is 1. The molecule has 1 spiro atoms. The van der Waals surface area contributed by atoms with Crippen molar-refractivity contribution < 1.29 is 33.7 Å². The fraction of sp³-hybridized carbons (Fsp3) is 0.577. The number of nitrogens with zero attached hydrogens (tertiary/aromatic N) is 2. The van der Waals surface area contributed by atoms with E-state index in [1.54, 1.807) is 49.3 Å². The third-order valence-electron chi connectivity index (χ3n) is 7.56. The molecule has 3 saturated heterocycles. The monoisotopic (exact) mass is 564 g/mol. The second-order valence-electron chi connectivity index (χ2n) is 9.34. The van der Waals surface area contributed by atoms with E-state index >= 15 is 0 Å². The number of likely N-dealkylation sites (tertiary alicyclic amines) is 1. The van der Waals surface area contributed by atoms with Gasteiger partial charge in [-0.2, -0.15) is 0 Å². The smallest absolute Gasteiger partial charge is 0.312 e. The van der Waals surface area contributed by atoms with Gasteiger partial charge in [-0.25, -0.2) is 0 Å². The van der Waals surface area contributed by atoms with Crippen LogP contribution in [0.5, 0.6) is 5.75 Å². The van der Waals surface area contributed by atoms with Crippen LogP contribution in [0.2, 0.25) is 0 Å². The molecule has 1 N–H and O–H groups in total. The highest BCUT2D eigenvalue weighted by Gasteiger charge is 2.77. The summed E-state index contributed by atoms with van der Waals surface area (Å²) in [6, 6.07) is 5.40. The zero-order valence-corrected chi connectivity index (χ0v) is 22.3. The van der Waals surface area contributed by atoms with Crippen LogP contribution < -0.4 is 9.64 Å². The van der Waals surface area contributed by atoms with Gasteiger partial charge in [0.2, 0.25) is 5.91 Å². The number of fused-ring (bicyclic) bond motifs is 1. The van der Waals surface area contributed by atoms with Gasteiger partial charge in [0.15, 0.2) is 0 Å². The molecule has 3 fully saturated rings. The maximum Gasteiger partial charge on any atom is 0.312 e. The maximum absolute atomic E-state index is 14.4. The van der Waals surface area contributed by atoms with Gasteiger partial charge in [0.25, 0.3) is 5.91 Å². The number of aliphatic hydroxyl groups excluding tert-OH is 1. The van der Waals surface area contributed by atoms with Crippen LogP contribution in [0.15, 0.2) is 36.9 Å². The largest absolute Gasteiger partial charge is 0.497 e. The van der Waals surface area contributed by atoms with Gasteiger partial charge < -0.3 is 29.1 Å². The van der Waals surface area contributed by atoms with Gasteiger partial charge in [-0.1, -0.05) is 28.9 Å². The molecule has 7 atom stereocenters. The van der Waals surface area contributed by atoms with Crippen molar-refractivity contribution >= 4 is 39.4 Å². The minimum absolute atomic E-state index is 0.174. The van der Waals surface area contributed by atoms with Gasteiger partial charge in [0.1, 0.15) is 17.4 Å². The second-order valence-corrected chi connectivity index (χ2v) is 10.5. The quantitative estimate of drug-likeness (QED) is 0.264. The SMILES string of the molecule is C=CCN(C(=O)[C@@H]1N([C@@H](CC)CO)C(=O)[C@H]2[C@H](C(=O)OCC)[C@H]3O[C@@]12CC3Br)c1ccc(OC)cc1. The highest BCUT2D eigenvalue weighted by molar-refractivity contribution is 9.09. The van der Waals surface area contributed by atoms with Crippen LogP contribution >= 0.6 is 15.9 Å². The Morgan fingerprint density at radius 2 is 2.06 bits per heavy atom. The predicted octanol–water partition coefficient (Wildman–Crippen LogP) is 2.30. The maximum atomic E-state index is 14.4. The standard InChI is InChI=1S/C26H33BrN2O7/c1-5-12-28(16-8-10-17(34-4)11-9-16)24(32)22-26-13-18(27)21(36-26)19(25(33)35-7-3)20(26)23(31)29(22)15(6-2)14-30/h5,8-11,15,18-22,30H,1,6-7,12-14H2,2-4H3/t15-,18?,19-,20+,21-,22-,26+/m0/s1. The number of aliphatic hydroxyl groups is 1. The predicted molar refractivity (Wildman–Crippen MR) is 136 cm³/mol. The van der Waals surface area contributed by atoms with Gasteiger partial charge >= 0.3 is 5.97 Å². The van der Waals surface area contributed by atoms with Crippen LogP contribution in [-0.4, -0.2) is 83.3 Å². The molecule has 1 unspecified atom stereocenters. The number of carbonyl (C=O) groups is 3. The number of hydrogen-bond donors (Lipinski definition) is 1. The van der Waals surface area contributed by atoms with Crippen molar-refractivity contribution in [3.05, 3.63) is 36.9 Å². The van der Waals surface area contributed by atoms with Crippen molar-refractivity contribution in [3.63, 3.8) is 0 Å². The lowest BCUT2D eigenvalue weighted by molar-refractivity contribution is -0.155. The number of alkyl halides is 1. The first-order valence-electron chi connectivity index (χ1n) is 12.3. The Hall–Kier alpha value is -2.43. The first-order valence-corrected chi connectivity index (χ1v) is 13.2. The molecule has 196 valence electrons. The number of esters is 1. The van der Waals surface area contributed by atoms with Crippen molar-refractivity contribution in [1.29, 1.82) is 0 Å². The van der Waals surface area contributed by atoms with E-state index < -0.39 is 41.6 Å². The van der Waals surface area contributed by atoms with Crippen molar-refractivity contribution in [3.8, 4) is 5.75 Å². The van der Waals surface area contributed by atoms with Crippen LogP contribution in [0.1, 0.15) is 26.7 Å². The molecular formula is C26H33BrN2O7. The molecule has 3 aliphatic rings. The molecule has 2 amide bonds. The van der Waals surface area contributed by atoms with Gasteiger partial charge in [0.05, 0.1) is 44.3 Å². The Morgan fingerprint density at radius 1 is 1.36 bits per heavy atom. The zero-order chi connectivity index (χ0) is 26.2. The lowest BCUT2D eigenvalue weighted by Crippen LogP contribution is -2.59. The third-order valence-corrected chi connectivity index (χ3v) is 8.40. The van der Waals surface area contributed by atoms with E-state index in [9.17, 15) is 19.5 Å². The molecule has 1 aromatic carbocycles. The molecule has 0 saturated carbocycles. The van der Waals surface area contributed by atoms with Gasteiger partial charge in [0, 0.05) is 17.1 Å². The molecule has 0 radical (unpaired) electrons. The lowest BCUT2D eigenvalue weighted by atomic mass is 9.70. The number of carbonyl (C=O) groups excluding carboxylic acids is 3. The first-order chi connectivity index (χ1) is 17.3. The molecule has 10 heteroatoms. The number of methoxy groups -OCH3 is 1. The Balaban J connectivity index is 1.82. The summed E-state index contributed by atoms with van der Waals surface area (Å²) in [4.78, 5) is 44.1. The highest BCUT2D eigenvalue weighted by Crippen LogP contribution is 2.60. The van der Waals surface area contributed by atoms with Crippen LogP contribution in [0, 0.1) is 11.8 Å². The van der Waals surface area contributed by atoms with E-state index in [1.807, 2.05) is 6.92 Å². The summed E-state index contributed by atoms with van der Waals surface area (Å²) >= 11 is 3.64. The van der Waals surface area contributed by atoms with Gasteiger partial charge in [-0.05, 0) is 44.0 Å². The summed E-state index contributed by atoms with van der Waals surface area (Å²) in [5.74, 6) is -2.28. The number of rotatable bonds is 10. The average Bonchev–Trinajstić information content (AvgIpc) is 3.47. The van der Waals surface area contributed by atoms with Crippen molar-refractivity contribution in [2.24, 2.45) is 11.8 Å². The summed E-state index contributed by atoms with van der Waals surface area (Å²) < 4.78 is 17.0. The number of hydrogen-bond acceptors (Lipinski definition) is 7. The van der Waals surface area contributed by atoms with E-state index in [2.05, 4.69) is 22.5 Å². The minimum Gasteiger partial charge on any atom is -0.497 e. The molecule has 3 aliphatic heterocycles. The molecule has 1 aromatic rings. The third kappa shape index (κ3) is 4.03. The Kier molecular flexibility index (Phi) is 7.78. The number of anilines is 1. The molecule has 4 rings (SSSR count). The minimum atomic E-state index is -1.22. The molecular weight excluding hydrogens is 532 g/mol. The second kappa shape index (κ2) is 10.5. The average molecular weight is 565 g/mol. The normalized spacial score (nSPS) is 31.2. The van der Waals surface area contributed by atoms with Crippen molar-refractivity contribution in [1.82, 2.24) is 4.90 Å². The Bertz CT molecular complexity index is 1010. The summed E-state index contributed by atoms with van der Waals surface area (Å²) in [6.45, 7) is 7.43. The zero-order valence-electron chi connectivity index (χ0n) is 20.8. The van der Waals surface area contributed by atoms with E-state index in [4.69, 9.17) is 14.2 Å². The van der Waals surface area contributed by atoms with Crippen LogP contribution in [0.25, 0.3) is 0 Å². The van der Waals surface area contributed by atoms with E-state index in [0.717, 1.165) is 0 Å². The van der Waals surface area contributed by atoms with Crippen molar-refractivity contribution in [2.45, 2.75) is 55.3 Å². The summed E-state index contributed by atoms with van der Waals surface area (Å²) in [5, 5.41) is 10.2. The number of benzene rings is 1. The summed E-state index contributed by atoms with van der Waals surface area (Å²) in [7, 11) is 1.56. The molecule has 3 heterocycles. The summed E-state index contributed by atoms with van der Waals surface area (Å²) in [5.41, 5.74) is -0.617. The molecule has 2 bridgehead atoms. The molecule has 9 nitrogen and oxygen atoms in total. The fourth-order valence-corrected chi connectivity index (χ4v) is 6.97. The number of ether oxygens (including phenoxy) is 3. The van der Waals surface area contributed by atoms with Crippen LogP contribution in [0.4, 0.5) is 5.69 Å². The van der Waals surface area contributed by atoms with Crippen molar-refractivity contribution in [2.75, 3.05) is 31.8 Å². The Morgan fingerprint density at radius 3 is 2.61 bits per heavy atom. The van der Waals surface area contributed by atoms with E-state index in [1.165, 1.54) is 4.90 Å². The lowest BCUT2D eigenvalue weighted by Gasteiger charge is -2.39. The molecule has 36 heavy (non-hydrogen) atoms. The van der Waals surface area contributed by atoms with Crippen LogP contribution in [0.3, 0.4) is 0 Å². The van der Waals surface area contributed by atoms with E-state index in [-0.39, 0.29) is 36.4 Å². The van der Waals surface area contributed by atoms with Crippen LogP contribution in [-0.2, 0) is 23.9 Å². The molecule has 0 aromatic heterocycles. The fourth-order valence-electron chi connectivity index (χ4n) is 6.02. The topological polar surface area (TPSA) is 106 Å². The van der Waals surface area contributed by atoms with E-state index in [0.29, 0.717) is 24.3 Å². The molecule has 0 aliphatic carbocycles. The highest BCUT2D eigenvalue weighted by atomic mass is 79.9. The summed E-state index contributed by atoms with van der Waals surface area (Å²) in [6.07, 6.45) is 1.84.